The van der Waals surface area contributed by atoms with E-state index in [9.17, 15) is 4.79 Å². The molecule has 0 radical (unpaired) electrons. The van der Waals surface area contributed by atoms with Crippen molar-refractivity contribution in [1.82, 2.24) is 4.90 Å². The second-order valence-electron chi connectivity index (χ2n) is 6.98. The lowest BCUT2D eigenvalue weighted by Gasteiger charge is -2.29. The van der Waals surface area contributed by atoms with Gasteiger partial charge in [-0.25, -0.2) is 0 Å². The molecule has 0 spiro atoms. The zero-order valence-corrected chi connectivity index (χ0v) is 13.4. The van der Waals surface area contributed by atoms with Gasteiger partial charge in [-0.1, -0.05) is 32.9 Å². The fourth-order valence-corrected chi connectivity index (χ4v) is 3.13. The Morgan fingerprint density at radius 2 is 1.95 bits per heavy atom. The summed E-state index contributed by atoms with van der Waals surface area (Å²) < 4.78 is 0. The number of para-hydroxylation sites is 1. The molecule has 1 aromatic rings. The minimum Gasteiger partial charge on any atom is -0.339 e. The van der Waals surface area contributed by atoms with Crippen LogP contribution in [0.2, 0.25) is 0 Å². The summed E-state index contributed by atoms with van der Waals surface area (Å²) in [5, 5.41) is 0. The van der Waals surface area contributed by atoms with Crippen LogP contribution in [-0.2, 0) is 0 Å². The minimum atomic E-state index is 0.0816. The molecule has 1 unspecified atom stereocenters. The van der Waals surface area contributed by atoms with E-state index in [2.05, 4.69) is 26.2 Å². The molecule has 1 atom stereocenters. The second-order valence-corrected chi connectivity index (χ2v) is 6.98. The lowest BCUT2D eigenvalue weighted by molar-refractivity contribution is 0.0756. The number of nitrogens with one attached hydrogen (secondary N) is 1. The van der Waals surface area contributed by atoms with Crippen LogP contribution in [0.5, 0.6) is 0 Å². The molecule has 1 aliphatic rings. The molecule has 0 aliphatic carbocycles. The van der Waals surface area contributed by atoms with E-state index in [1.165, 1.54) is 6.42 Å². The van der Waals surface area contributed by atoms with Crippen molar-refractivity contribution in [2.75, 3.05) is 18.5 Å². The Balaban J connectivity index is 2.10. The topological polar surface area (TPSA) is 58.4 Å². The first-order valence-electron chi connectivity index (χ1n) is 7.78. The molecule has 1 heterocycles. The Morgan fingerprint density at radius 3 is 2.62 bits per heavy atom. The maximum Gasteiger partial charge on any atom is 0.256 e. The van der Waals surface area contributed by atoms with Gasteiger partial charge in [0, 0.05) is 13.1 Å². The highest BCUT2D eigenvalue weighted by molar-refractivity contribution is 5.99. The number of amides is 1. The third kappa shape index (κ3) is 3.76. The molecule has 21 heavy (non-hydrogen) atoms. The van der Waals surface area contributed by atoms with Crippen LogP contribution in [0.4, 0.5) is 5.69 Å². The predicted octanol–water partition coefficient (Wildman–Crippen LogP) is 3.26. The number of nitrogens with zero attached hydrogens (tertiary/aromatic N) is 1. The summed E-state index contributed by atoms with van der Waals surface area (Å²) in [7, 11) is 0. The number of nitrogens with two attached hydrogens (primary N) is 1. The highest BCUT2D eigenvalue weighted by Crippen LogP contribution is 2.34. The van der Waals surface area contributed by atoms with Crippen molar-refractivity contribution in [2.24, 2.45) is 17.2 Å². The fourth-order valence-electron chi connectivity index (χ4n) is 3.13. The number of hydrazine groups is 1. The summed E-state index contributed by atoms with van der Waals surface area (Å²) in [6.07, 6.45) is 3.35. The van der Waals surface area contributed by atoms with Crippen LogP contribution < -0.4 is 11.3 Å². The van der Waals surface area contributed by atoms with Gasteiger partial charge in [0.05, 0.1) is 11.3 Å². The molecule has 4 heteroatoms. The van der Waals surface area contributed by atoms with Crippen molar-refractivity contribution in [3.63, 3.8) is 0 Å². The van der Waals surface area contributed by atoms with Crippen molar-refractivity contribution in [3.05, 3.63) is 29.8 Å². The van der Waals surface area contributed by atoms with E-state index >= 15 is 0 Å². The molecular formula is C17H27N3O. The van der Waals surface area contributed by atoms with Crippen LogP contribution in [0.1, 0.15) is 50.4 Å². The SMILES string of the molecule is CC(C)(C)C1CCCN(C(=O)c2ccccc2NN)CC1. The van der Waals surface area contributed by atoms with Crippen LogP contribution in [0.3, 0.4) is 0 Å². The molecule has 1 fully saturated rings. The fraction of sp³-hybridized carbons (Fsp3) is 0.588. The molecule has 1 saturated heterocycles. The quantitative estimate of drug-likeness (QED) is 0.649. The number of anilines is 1. The molecule has 0 saturated carbocycles. The van der Waals surface area contributed by atoms with Gasteiger partial charge in [0.15, 0.2) is 0 Å². The number of carbonyl (C=O) groups is 1. The molecule has 116 valence electrons. The molecule has 0 bridgehead atoms. The van der Waals surface area contributed by atoms with Crippen molar-refractivity contribution in [2.45, 2.75) is 40.0 Å². The Bertz CT molecular complexity index is 493. The number of hydrogen-bond acceptors (Lipinski definition) is 3. The number of rotatable bonds is 2. The van der Waals surface area contributed by atoms with Gasteiger partial charge in [0.1, 0.15) is 0 Å². The largest absolute Gasteiger partial charge is 0.339 e. The summed E-state index contributed by atoms with van der Waals surface area (Å²) in [4.78, 5) is 14.7. The standard InChI is InChI=1S/C17H27N3O/c1-17(2,3)13-7-6-11-20(12-10-13)16(21)14-8-4-5-9-15(14)19-18/h4-5,8-9,13,19H,6-7,10-12,18H2,1-3H3. The van der Waals surface area contributed by atoms with E-state index in [1.54, 1.807) is 0 Å². The zero-order valence-electron chi connectivity index (χ0n) is 13.4. The monoisotopic (exact) mass is 289 g/mol. The highest BCUT2D eigenvalue weighted by Gasteiger charge is 2.29. The molecule has 0 aromatic heterocycles. The lowest BCUT2D eigenvalue weighted by atomic mass is 9.77. The Kier molecular flexibility index (Phi) is 4.88. The van der Waals surface area contributed by atoms with Crippen LogP contribution in [-0.4, -0.2) is 23.9 Å². The van der Waals surface area contributed by atoms with Gasteiger partial charge in [-0.15, -0.1) is 0 Å². The molecule has 1 amide bonds. The molecular weight excluding hydrogens is 262 g/mol. The van der Waals surface area contributed by atoms with E-state index in [4.69, 9.17) is 5.84 Å². The molecule has 1 aliphatic heterocycles. The third-order valence-electron chi connectivity index (χ3n) is 4.55. The van der Waals surface area contributed by atoms with E-state index in [-0.39, 0.29) is 5.91 Å². The van der Waals surface area contributed by atoms with Crippen LogP contribution in [0.25, 0.3) is 0 Å². The first-order chi connectivity index (χ1) is 9.93. The first kappa shape index (κ1) is 15.8. The van der Waals surface area contributed by atoms with Gasteiger partial charge < -0.3 is 10.3 Å². The smallest absolute Gasteiger partial charge is 0.256 e. The Morgan fingerprint density at radius 1 is 1.24 bits per heavy atom. The molecule has 4 nitrogen and oxygen atoms in total. The van der Waals surface area contributed by atoms with Gasteiger partial charge in [-0.2, -0.15) is 0 Å². The van der Waals surface area contributed by atoms with Crippen molar-refractivity contribution >= 4 is 11.6 Å². The summed E-state index contributed by atoms with van der Waals surface area (Å²) in [6.45, 7) is 8.55. The van der Waals surface area contributed by atoms with Gasteiger partial charge >= 0.3 is 0 Å². The van der Waals surface area contributed by atoms with Crippen LogP contribution in [0.15, 0.2) is 24.3 Å². The molecule has 2 rings (SSSR count). The summed E-state index contributed by atoms with van der Waals surface area (Å²) in [5.74, 6) is 6.27. The average Bonchev–Trinajstić information content (AvgIpc) is 2.72. The summed E-state index contributed by atoms with van der Waals surface area (Å²) >= 11 is 0. The van der Waals surface area contributed by atoms with Gasteiger partial charge in [0.2, 0.25) is 0 Å². The number of carbonyl (C=O) groups excluding carboxylic acids is 1. The molecule has 1 aromatic carbocycles. The normalized spacial score (nSPS) is 20.0. The third-order valence-corrected chi connectivity index (χ3v) is 4.55. The number of likely N-dealkylation sites (tertiary alicyclic amines) is 1. The van der Waals surface area contributed by atoms with E-state index < -0.39 is 0 Å². The van der Waals surface area contributed by atoms with E-state index in [0.717, 1.165) is 25.9 Å². The number of benzene rings is 1. The zero-order chi connectivity index (χ0) is 15.5. The van der Waals surface area contributed by atoms with Gasteiger partial charge in [-0.3, -0.25) is 10.6 Å². The maximum atomic E-state index is 12.7. The van der Waals surface area contributed by atoms with E-state index in [0.29, 0.717) is 22.6 Å². The lowest BCUT2D eigenvalue weighted by Crippen LogP contribution is -2.33. The second kappa shape index (κ2) is 6.48. The van der Waals surface area contributed by atoms with Crippen LogP contribution >= 0.6 is 0 Å². The maximum absolute atomic E-state index is 12.7. The van der Waals surface area contributed by atoms with Crippen molar-refractivity contribution in [3.8, 4) is 0 Å². The Hall–Kier alpha value is -1.55. The Labute approximate surface area is 127 Å². The summed E-state index contributed by atoms with van der Waals surface area (Å²) in [6, 6.07) is 7.43. The van der Waals surface area contributed by atoms with Crippen molar-refractivity contribution in [1.29, 1.82) is 0 Å². The van der Waals surface area contributed by atoms with Crippen LogP contribution in [0, 0.1) is 11.3 Å². The first-order valence-corrected chi connectivity index (χ1v) is 7.78. The van der Waals surface area contributed by atoms with Gasteiger partial charge in [-0.05, 0) is 42.7 Å². The highest BCUT2D eigenvalue weighted by atomic mass is 16.2. The molecule has 3 N–H and O–H groups in total. The average molecular weight is 289 g/mol. The summed E-state index contributed by atoms with van der Waals surface area (Å²) in [5.41, 5.74) is 4.29. The van der Waals surface area contributed by atoms with Crippen molar-refractivity contribution < 1.29 is 4.79 Å². The van der Waals surface area contributed by atoms with Gasteiger partial charge in [0.25, 0.3) is 5.91 Å². The predicted molar refractivity (Wildman–Crippen MR) is 87.0 cm³/mol. The van der Waals surface area contributed by atoms with E-state index in [1.807, 2.05) is 29.2 Å². The number of nitrogen functional groups attached to an aromatic ring is 1. The number of hydrogen-bond donors (Lipinski definition) is 2. The minimum absolute atomic E-state index is 0.0816.